The lowest BCUT2D eigenvalue weighted by molar-refractivity contribution is -0.140. The first kappa shape index (κ1) is 17.4. The molecule has 1 aromatic carbocycles. The Balaban J connectivity index is 1.58. The van der Waals surface area contributed by atoms with E-state index in [1.165, 1.54) is 7.11 Å². The molecule has 1 aliphatic carbocycles. The molecule has 2 aliphatic rings. The number of piperazine rings is 1. The predicted octanol–water partition coefficient (Wildman–Crippen LogP) is 2.63. The van der Waals surface area contributed by atoms with Crippen LogP contribution in [0.2, 0.25) is 10.0 Å². The maximum absolute atomic E-state index is 12.5. The van der Waals surface area contributed by atoms with Gasteiger partial charge in [0, 0.05) is 43.2 Å². The lowest BCUT2D eigenvalue weighted by Crippen LogP contribution is -2.51. The molecule has 0 aromatic heterocycles. The predicted molar refractivity (Wildman–Crippen MR) is 92.6 cm³/mol. The number of methoxy groups -OCH3 is 1. The zero-order valence-electron chi connectivity index (χ0n) is 13.6. The number of nitrogens with zero attached hydrogens (tertiary/aromatic N) is 2. The summed E-state index contributed by atoms with van der Waals surface area (Å²) in [5.74, 6) is 0.960. The molecule has 24 heavy (non-hydrogen) atoms. The van der Waals surface area contributed by atoms with Crippen LogP contribution in [0.5, 0.6) is 5.75 Å². The molecule has 7 heteroatoms. The van der Waals surface area contributed by atoms with Crippen LogP contribution in [0.15, 0.2) is 12.1 Å². The third kappa shape index (κ3) is 3.78. The maximum Gasteiger partial charge on any atom is 0.227 e. The summed E-state index contributed by atoms with van der Waals surface area (Å²) < 4.78 is 5.11. The van der Waals surface area contributed by atoms with Gasteiger partial charge in [0.2, 0.25) is 11.8 Å². The summed E-state index contributed by atoms with van der Waals surface area (Å²) in [4.78, 5) is 28.2. The molecule has 2 amide bonds. The number of amides is 2. The maximum atomic E-state index is 12.5. The average Bonchev–Trinajstić information content (AvgIpc) is 3.42. The Morgan fingerprint density at radius 2 is 1.71 bits per heavy atom. The monoisotopic (exact) mass is 370 g/mol. The molecule has 0 radical (unpaired) electrons. The summed E-state index contributed by atoms with van der Waals surface area (Å²) in [6.45, 7) is 2.36. The molecule has 0 bridgehead atoms. The van der Waals surface area contributed by atoms with Crippen LogP contribution in [0.1, 0.15) is 18.4 Å². The van der Waals surface area contributed by atoms with Crippen molar-refractivity contribution < 1.29 is 14.3 Å². The number of benzene rings is 1. The molecule has 5 nitrogen and oxygen atoms in total. The minimum absolute atomic E-state index is 0.00310. The Bertz CT molecular complexity index is 653. The molecule has 1 aromatic rings. The van der Waals surface area contributed by atoms with Crippen molar-refractivity contribution in [3.05, 3.63) is 27.7 Å². The molecular weight excluding hydrogens is 351 g/mol. The summed E-state index contributed by atoms with van der Waals surface area (Å²) in [5, 5.41) is 0.900. The first-order valence-corrected chi connectivity index (χ1v) is 8.83. The van der Waals surface area contributed by atoms with Crippen LogP contribution in [0, 0.1) is 5.92 Å². The van der Waals surface area contributed by atoms with Gasteiger partial charge in [0.15, 0.2) is 0 Å². The van der Waals surface area contributed by atoms with Gasteiger partial charge >= 0.3 is 0 Å². The minimum Gasteiger partial charge on any atom is -0.495 e. The first-order valence-electron chi connectivity index (χ1n) is 8.08. The lowest BCUT2D eigenvalue weighted by atomic mass is 10.1. The van der Waals surface area contributed by atoms with Crippen LogP contribution >= 0.6 is 23.2 Å². The third-order valence-electron chi connectivity index (χ3n) is 4.53. The van der Waals surface area contributed by atoms with Crippen molar-refractivity contribution in [3.63, 3.8) is 0 Å². The normalized spacial score (nSPS) is 17.8. The van der Waals surface area contributed by atoms with E-state index < -0.39 is 0 Å². The standard InChI is InChI=1S/C17H20Cl2N2O3/c1-24-15-10-13(18)12(8-14(15)19)9-16(22)20-4-6-21(7-5-20)17(23)11-2-3-11/h8,10-11H,2-7,9H2,1H3. The highest BCUT2D eigenvalue weighted by Gasteiger charge is 2.35. The highest BCUT2D eigenvalue weighted by molar-refractivity contribution is 6.34. The number of rotatable bonds is 4. The van der Waals surface area contributed by atoms with Crippen molar-refractivity contribution in [1.82, 2.24) is 9.80 Å². The van der Waals surface area contributed by atoms with Gasteiger partial charge in [-0.25, -0.2) is 0 Å². The lowest BCUT2D eigenvalue weighted by Gasteiger charge is -2.35. The van der Waals surface area contributed by atoms with Gasteiger partial charge in [0.05, 0.1) is 18.6 Å². The molecule has 0 spiro atoms. The fraction of sp³-hybridized carbons (Fsp3) is 0.529. The number of ether oxygens (including phenoxy) is 1. The van der Waals surface area contributed by atoms with E-state index in [0.29, 0.717) is 47.5 Å². The van der Waals surface area contributed by atoms with Crippen molar-refractivity contribution in [1.29, 1.82) is 0 Å². The van der Waals surface area contributed by atoms with Crippen LogP contribution in [-0.2, 0) is 16.0 Å². The van der Waals surface area contributed by atoms with Gasteiger partial charge in [-0.05, 0) is 24.5 Å². The highest BCUT2D eigenvalue weighted by atomic mass is 35.5. The Morgan fingerprint density at radius 3 is 2.29 bits per heavy atom. The van der Waals surface area contributed by atoms with E-state index in [1.807, 2.05) is 4.90 Å². The van der Waals surface area contributed by atoms with Crippen LogP contribution in [-0.4, -0.2) is 54.9 Å². The largest absolute Gasteiger partial charge is 0.495 e. The molecule has 1 heterocycles. The first-order chi connectivity index (χ1) is 11.5. The highest BCUT2D eigenvalue weighted by Crippen LogP contribution is 2.32. The third-order valence-corrected chi connectivity index (χ3v) is 5.18. The number of halogens is 2. The van der Waals surface area contributed by atoms with Crippen molar-refractivity contribution in [2.45, 2.75) is 19.3 Å². The smallest absolute Gasteiger partial charge is 0.227 e. The molecule has 1 aliphatic heterocycles. The van der Waals surface area contributed by atoms with Crippen LogP contribution in [0.4, 0.5) is 0 Å². The van der Waals surface area contributed by atoms with E-state index in [4.69, 9.17) is 27.9 Å². The fourth-order valence-electron chi connectivity index (χ4n) is 2.90. The van der Waals surface area contributed by atoms with Crippen molar-refractivity contribution in [3.8, 4) is 5.75 Å². The second-order valence-electron chi connectivity index (χ2n) is 6.24. The molecular formula is C17H20Cl2N2O3. The Kier molecular flexibility index (Phi) is 5.21. The zero-order valence-corrected chi connectivity index (χ0v) is 15.1. The van der Waals surface area contributed by atoms with E-state index in [1.54, 1.807) is 17.0 Å². The van der Waals surface area contributed by atoms with Crippen LogP contribution in [0.25, 0.3) is 0 Å². The number of hydrogen-bond acceptors (Lipinski definition) is 3. The number of hydrogen-bond donors (Lipinski definition) is 0. The Labute approximate surface area is 151 Å². The van der Waals surface area contributed by atoms with Gasteiger partial charge in [-0.2, -0.15) is 0 Å². The van der Waals surface area contributed by atoms with Crippen molar-refractivity contribution in [2.75, 3.05) is 33.3 Å². The van der Waals surface area contributed by atoms with Gasteiger partial charge in [-0.1, -0.05) is 23.2 Å². The average molecular weight is 371 g/mol. The summed E-state index contributed by atoms with van der Waals surface area (Å²) in [5.41, 5.74) is 0.684. The van der Waals surface area contributed by atoms with Gasteiger partial charge in [0.1, 0.15) is 5.75 Å². The molecule has 2 fully saturated rings. The zero-order chi connectivity index (χ0) is 17.3. The Hall–Kier alpha value is -1.46. The second-order valence-corrected chi connectivity index (χ2v) is 7.05. The molecule has 130 valence electrons. The summed E-state index contributed by atoms with van der Waals surface area (Å²) in [6.07, 6.45) is 2.21. The number of carbonyl (C=O) groups is 2. The van der Waals surface area contributed by atoms with Crippen molar-refractivity contribution >= 4 is 35.0 Å². The molecule has 0 N–H and O–H groups in total. The summed E-state index contributed by atoms with van der Waals surface area (Å²) in [7, 11) is 1.52. The second kappa shape index (κ2) is 7.19. The van der Waals surface area contributed by atoms with Crippen LogP contribution in [0.3, 0.4) is 0 Å². The van der Waals surface area contributed by atoms with E-state index in [-0.39, 0.29) is 24.2 Å². The van der Waals surface area contributed by atoms with E-state index >= 15 is 0 Å². The number of carbonyl (C=O) groups excluding carboxylic acids is 2. The van der Waals surface area contributed by atoms with Gasteiger partial charge in [-0.15, -0.1) is 0 Å². The summed E-state index contributed by atoms with van der Waals surface area (Å²) >= 11 is 12.3. The Morgan fingerprint density at radius 1 is 1.08 bits per heavy atom. The molecule has 0 unspecified atom stereocenters. The van der Waals surface area contributed by atoms with Crippen molar-refractivity contribution in [2.24, 2.45) is 5.92 Å². The molecule has 3 rings (SSSR count). The SMILES string of the molecule is COc1cc(Cl)c(CC(=O)N2CCN(C(=O)C3CC3)CC2)cc1Cl. The fourth-order valence-corrected chi connectivity index (χ4v) is 3.39. The molecule has 1 saturated carbocycles. The van der Waals surface area contributed by atoms with E-state index in [9.17, 15) is 9.59 Å². The van der Waals surface area contributed by atoms with Crippen LogP contribution < -0.4 is 4.74 Å². The van der Waals surface area contributed by atoms with Gasteiger partial charge < -0.3 is 14.5 Å². The van der Waals surface area contributed by atoms with Gasteiger partial charge in [0.25, 0.3) is 0 Å². The molecule has 1 saturated heterocycles. The topological polar surface area (TPSA) is 49.9 Å². The van der Waals surface area contributed by atoms with E-state index in [0.717, 1.165) is 12.8 Å². The minimum atomic E-state index is -0.00310. The summed E-state index contributed by atoms with van der Waals surface area (Å²) in [6, 6.07) is 3.30. The quantitative estimate of drug-likeness (QED) is 0.818. The van der Waals surface area contributed by atoms with E-state index in [2.05, 4.69) is 0 Å². The molecule has 0 atom stereocenters. The van der Waals surface area contributed by atoms with Gasteiger partial charge in [-0.3, -0.25) is 9.59 Å².